The van der Waals surface area contributed by atoms with Crippen molar-refractivity contribution in [1.82, 2.24) is 4.72 Å². The summed E-state index contributed by atoms with van der Waals surface area (Å²) in [4.78, 5) is 11.1. The fraction of sp³-hybridized carbons (Fsp3) is 0.909. The first-order valence-electron chi connectivity index (χ1n) is 6.19. The predicted octanol–water partition coefficient (Wildman–Crippen LogP) is 1.19. The van der Waals surface area contributed by atoms with Crippen molar-refractivity contribution in [2.24, 2.45) is 0 Å². The summed E-state index contributed by atoms with van der Waals surface area (Å²) < 4.78 is 30.7. The highest BCUT2D eigenvalue weighted by atomic mass is 32.2. The number of nitrogens with one attached hydrogen (secondary N) is 1. The largest absolute Gasteiger partial charge is 0.466 e. The van der Waals surface area contributed by atoms with Crippen LogP contribution >= 0.6 is 0 Å². The first-order chi connectivity index (χ1) is 8.03. The lowest BCUT2D eigenvalue weighted by Crippen LogP contribution is -2.38. The zero-order chi connectivity index (χ0) is 12.7. The SMILES string of the molecule is CCOC(=O)CCS(=O)(=O)NC1CCCCC1. The minimum atomic E-state index is -3.35. The van der Waals surface area contributed by atoms with Gasteiger partial charge in [-0.05, 0) is 19.8 Å². The molecule has 0 unspecified atom stereocenters. The maximum Gasteiger partial charge on any atom is 0.306 e. The van der Waals surface area contributed by atoms with E-state index >= 15 is 0 Å². The van der Waals surface area contributed by atoms with Gasteiger partial charge >= 0.3 is 5.97 Å². The van der Waals surface area contributed by atoms with Crippen molar-refractivity contribution in [3.63, 3.8) is 0 Å². The van der Waals surface area contributed by atoms with Gasteiger partial charge in [0.15, 0.2) is 0 Å². The van der Waals surface area contributed by atoms with Crippen molar-refractivity contribution >= 4 is 16.0 Å². The molecule has 1 N–H and O–H groups in total. The highest BCUT2D eigenvalue weighted by molar-refractivity contribution is 7.89. The topological polar surface area (TPSA) is 72.5 Å². The van der Waals surface area contributed by atoms with Gasteiger partial charge in [0.25, 0.3) is 0 Å². The summed E-state index contributed by atoms with van der Waals surface area (Å²) in [6, 6.07) is 0.0518. The Morgan fingerprint density at radius 3 is 2.53 bits per heavy atom. The van der Waals surface area contributed by atoms with Crippen LogP contribution in [0.25, 0.3) is 0 Å². The molecule has 0 atom stereocenters. The van der Waals surface area contributed by atoms with Gasteiger partial charge in [0, 0.05) is 6.04 Å². The first-order valence-corrected chi connectivity index (χ1v) is 7.84. The number of hydrogen-bond acceptors (Lipinski definition) is 4. The fourth-order valence-corrected chi connectivity index (χ4v) is 3.28. The summed E-state index contributed by atoms with van der Waals surface area (Å²) in [5.41, 5.74) is 0. The van der Waals surface area contributed by atoms with Crippen LogP contribution in [0.3, 0.4) is 0 Å². The summed E-state index contributed by atoms with van der Waals surface area (Å²) in [6.45, 7) is 1.99. The van der Waals surface area contributed by atoms with Gasteiger partial charge in [-0.15, -0.1) is 0 Å². The van der Waals surface area contributed by atoms with Crippen molar-refractivity contribution in [1.29, 1.82) is 0 Å². The average Bonchev–Trinajstić information content (AvgIpc) is 2.28. The molecule has 6 heteroatoms. The second-order valence-electron chi connectivity index (χ2n) is 4.33. The van der Waals surface area contributed by atoms with Gasteiger partial charge in [-0.2, -0.15) is 0 Å². The summed E-state index contributed by atoms with van der Waals surface area (Å²) in [5, 5.41) is 0. The van der Waals surface area contributed by atoms with E-state index in [1.54, 1.807) is 6.92 Å². The van der Waals surface area contributed by atoms with Crippen molar-refractivity contribution in [3.8, 4) is 0 Å². The third-order valence-corrected chi connectivity index (χ3v) is 4.27. The summed E-state index contributed by atoms with van der Waals surface area (Å²) in [6.07, 6.45) is 5.06. The maximum atomic E-state index is 11.7. The Kier molecular flexibility index (Phi) is 5.91. The molecule has 0 aromatic carbocycles. The molecule has 17 heavy (non-hydrogen) atoms. The summed E-state index contributed by atoms with van der Waals surface area (Å²) >= 11 is 0. The highest BCUT2D eigenvalue weighted by Crippen LogP contribution is 2.18. The normalized spacial score (nSPS) is 17.9. The Balaban J connectivity index is 2.32. The second kappa shape index (κ2) is 6.96. The lowest BCUT2D eigenvalue weighted by Gasteiger charge is -2.22. The maximum absolute atomic E-state index is 11.7. The molecule has 0 bridgehead atoms. The van der Waals surface area contributed by atoms with Crippen LogP contribution in [0.2, 0.25) is 0 Å². The van der Waals surface area contributed by atoms with E-state index < -0.39 is 16.0 Å². The van der Waals surface area contributed by atoms with Gasteiger partial charge in [-0.25, -0.2) is 13.1 Å². The third kappa shape index (κ3) is 6.02. The summed E-state index contributed by atoms with van der Waals surface area (Å²) in [5.74, 6) is -0.635. The van der Waals surface area contributed by atoms with Gasteiger partial charge in [0.1, 0.15) is 0 Å². The lowest BCUT2D eigenvalue weighted by atomic mass is 9.96. The molecule has 0 amide bonds. The Morgan fingerprint density at radius 1 is 1.29 bits per heavy atom. The molecule has 1 aliphatic rings. The molecule has 0 saturated heterocycles. The van der Waals surface area contributed by atoms with E-state index in [1.165, 1.54) is 6.42 Å². The van der Waals surface area contributed by atoms with Crippen LogP contribution in [0.15, 0.2) is 0 Å². The molecule has 100 valence electrons. The number of sulfonamides is 1. The van der Waals surface area contributed by atoms with E-state index in [2.05, 4.69) is 4.72 Å². The monoisotopic (exact) mass is 263 g/mol. The Morgan fingerprint density at radius 2 is 1.94 bits per heavy atom. The molecule has 0 heterocycles. The molecule has 1 rings (SSSR count). The Hall–Kier alpha value is -0.620. The minimum Gasteiger partial charge on any atom is -0.466 e. The predicted molar refractivity (Wildman–Crippen MR) is 65.0 cm³/mol. The van der Waals surface area contributed by atoms with Gasteiger partial charge in [0.2, 0.25) is 10.0 Å². The third-order valence-electron chi connectivity index (χ3n) is 2.83. The first kappa shape index (κ1) is 14.4. The molecule has 0 radical (unpaired) electrons. The molecule has 0 aliphatic heterocycles. The van der Waals surface area contributed by atoms with E-state index in [-0.39, 0.29) is 24.8 Å². The molecule has 5 nitrogen and oxygen atoms in total. The van der Waals surface area contributed by atoms with E-state index in [0.717, 1.165) is 25.7 Å². The smallest absolute Gasteiger partial charge is 0.306 e. The Labute approximate surface area is 103 Å². The van der Waals surface area contributed by atoms with E-state index in [0.29, 0.717) is 0 Å². The van der Waals surface area contributed by atoms with Crippen LogP contribution in [0, 0.1) is 0 Å². The van der Waals surface area contributed by atoms with Crippen LogP contribution in [0.1, 0.15) is 45.4 Å². The lowest BCUT2D eigenvalue weighted by molar-refractivity contribution is -0.142. The van der Waals surface area contributed by atoms with Crippen LogP contribution in [-0.2, 0) is 19.6 Å². The summed E-state index contributed by atoms with van der Waals surface area (Å²) in [7, 11) is -3.35. The van der Waals surface area contributed by atoms with Crippen LogP contribution in [-0.4, -0.2) is 32.8 Å². The average molecular weight is 263 g/mol. The van der Waals surface area contributed by atoms with Crippen molar-refractivity contribution in [3.05, 3.63) is 0 Å². The minimum absolute atomic E-state index is 0.0518. The zero-order valence-electron chi connectivity index (χ0n) is 10.3. The number of carbonyl (C=O) groups is 1. The van der Waals surface area contributed by atoms with E-state index in [1.807, 2.05) is 0 Å². The van der Waals surface area contributed by atoms with Gasteiger partial charge in [-0.1, -0.05) is 19.3 Å². The molecule has 1 fully saturated rings. The van der Waals surface area contributed by atoms with Gasteiger partial charge in [-0.3, -0.25) is 4.79 Å². The molecule has 0 aromatic heterocycles. The van der Waals surface area contributed by atoms with E-state index in [4.69, 9.17) is 4.74 Å². The van der Waals surface area contributed by atoms with E-state index in [9.17, 15) is 13.2 Å². The number of esters is 1. The second-order valence-corrected chi connectivity index (χ2v) is 6.20. The quantitative estimate of drug-likeness (QED) is 0.731. The molecule has 1 aliphatic carbocycles. The van der Waals surface area contributed by atoms with Gasteiger partial charge < -0.3 is 4.74 Å². The standard InChI is InChI=1S/C11H21NO4S/c1-2-16-11(13)8-9-17(14,15)12-10-6-4-3-5-7-10/h10,12H,2-9H2,1H3. The number of hydrogen-bond donors (Lipinski definition) is 1. The van der Waals surface area contributed by atoms with Crippen LogP contribution < -0.4 is 4.72 Å². The van der Waals surface area contributed by atoms with Gasteiger partial charge in [0.05, 0.1) is 18.8 Å². The van der Waals surface area contributed by atoms with Crippen molar-refractivity contribution in [2.75, 3.05) is 12.4 Å². The molecular weight excluding hydrogens is 242 g/mol. The Bertz CT molecular complexity index is 333. The molecular formula is C11H21NO4S. The zero-order valence-corrected chi connectivity index (χ0v) is 11.1. The fourth-order valence-electron chi connectivity index (χ4n) is 1.98. The van der Waals surface area contributed by atoms with Crippen molar-refractivity contribution in [2.45, 2.75) is 51.5 Å². The molecule has 0 spiro atoms. The highest BCUT2D eigenvalue weighted by Gasteiger charge is 2.20. The number of ether oxygens (including phenoxy) is 1. The van der Waals surface area contributed by atoms with Crippen LogP contribution in [0.4, 0.5) is 0 Å². The van der Waals surface area contributed by atoms with Crippen molar-refractivity contribution < 1.29 is 17.9 Å². The van der Waals surface area contributed by atoms with Crippen LogP contribution in [0.5, 0.6) is 0 Å². The molecule has 0 aromatic rings. The molecule has 1 saturated carbocycles. The number of rotatable bonds is 6. The number of carbonyl (C=O) groups excluding carboxylic acids is 1.